The van der Waals surface area contributed by atoms with E-state index in [0.29, 0.717) is 0 Å². The first-order valence-electron chi connectivity index (χ1n) is 8.21. The molecule has 128 valence electrons. The van der Waals surface area contributed by atoms with Gasteiger partial charge in [-0.2, -0.15) is 0 Å². The zero-order valence-electron chi connectivity index (χ0n) is 14.5. The number of ether oxygens (including phenoxy) is 1. The van der Waals surface area contributed by atoms with Crippen LogP contribution in [0.2, 0.25) is 0 Å². The number of benzene rings is 1. The molecule has 0 aromatic heterocycles. The van der Waals surface area contributed by atoms with Gasteiger partial charge in [-0.05, 0) is 57.7 Å². The van der Waals surface area contributed by atoms with Gasteiger partial charge in [-0.1, -0.05) is 28.1 Å². The number of likely N-dealkylation sites (tertiary alicyclic amines) is 1. The van der Waals surface area contributed by atoms with Crippen LogP contribution in [0.25, 0.3) is 0 Å². The summed E-state index contributed by atoms with van der Waals surface area (Å²) >= 11 is 3.60. The topological polar surface area (TPSA) is 41.6 Å². The molecular formula is C18H27BrN2O2. The van der Waals surface area contributed by atoms with Crippen molar-refractivity contribution < 1.29 is 9.53 Å². The van der Waals surface area contributed by atoms with Crippen LogP contribution in [0.4, 0.5) is 4.79 Å². The Morgan fingerprint density at radius 3 is 2.83 bits per heavy atom. The third kappa shape index (κ3) is 5.50. The third-order valence-corrected chi connectivity index (χ3v) is 4.65. The van der Waals surface area contributed by atoms with Crippen molar-refractivity contribution in [2.75, 3.05) is 13.1 Å². The summed E-state index contributed by atoms with van der Waals surface area (Å²) in [6.07, 6.45) is 1.87. The Kier molecular flexibility index (Phi) is 6.09. The van der Waals surface area contributed by atoms with Gasteiger partial charge in [0.25, 0.3) is 0 Å². The van der Waals surface area contributed by atoms with E-state index in [4.69, 9.17) is 4.74 Å². The Morgan fingerprint density at radius 2 is 2.17 bits per heavy atom. The molecule has 1 aromatic carbocycles. The van der Waals surface area contributed by atoms with E-state index in [2.05, 4.69) is 46.4 Å². The third-order valence-electron chi connectivity index (χ3n) is 3.91. The Balaban J connectivity index is 1.85. The van der Waals surface area contributed by atoms with Crippen molar-refractivity contribution >= 4 is 22.0 Å². The van der Waals surface area contributed by atoms with Gasteiger partial charge in [-0.3, -0.25) is 0 Å². The summed E-state index contributed by atoms with van der Waals surface area (Å²) in [5, 5.41) is 3.47. The Morgan fingerprint density at radius 1 is 1.43 bits per heavy atom. The first kappa shape index (κ1) is 18.3. The molecule has 1 heterocycles. The van der Waals surface area contributed by atoms with E-state index in [0.717, 1.165) is 36.9 Å². The van der Waals surface area contributed by atoms with Gasteiger partial charge in [0.05, 0.1) is 0 Å². The maximum absolute atomic E-state index is 12.3. The highest BCUT2D eigenvalue weighted by atomic mass is 79.9. The van der Waals surface area contributed by atoms with Crippen LogP contribution < -0.4 is 5.32 Å². The van der Waals surface area contributed by atoms with Crippen molar-refractivity contribution in [3.05, 3.63) is 33.8 Å². The summed E-state index contributed by atoms with van der Waals surface area (Å²) < 4.78 is 6.63. The molecule has 2 rings (SSSR count). The summed E-state index contributed by atoms with van der Waals surface area (Å²) in [5.74, 6) is 0. The number of halogens is 1. The molecule has 1 atom stereocenters. The minimum absolute atomic E-state index is 0.196. The smallest absolute Gasteiger partial charge is 0.410 e. The number of nitrogens with one attached hydrogen (secondary N) is 1. The molecule has 1 saturated heterocycles. The fourth-order valence-electron chi connectivity index (χ4n) is 2.78. The zero-order valence-corrected chi connectivity index (χ0v) is 16.1. The lowest BCUT2D eigenvalue weighted by molar-refractivity contribution is 0.0226. The molecule has 0 spiro atoms. The van der Waals surface area contributed by atoms with Gasteiger partial charge in [-0.15, -0.1) is 0 Å². The lowest BCUT2D eigenvalue weighted by Gasteiger charge is -2.28. The molecule has 1 N–H and O–H groups in total. The second-order valence-corrected chi connectivity index (χ2v) is 8.05. The number of amides is 1. The molecule has 1 aromatic rings. The van der Waals surface area contributed by atoms with E-state index in [-0.39, 0.29) is 12.1 Å². The van der Waals surface area contributed by atoms with E-state index >= 15 is 0 Å². The summed E-state index contributed by atoms with van der Waals surface area (Å²) in [7, 11) is 0. The summed E-state index contributed by atoms with van der Waals surface area (Å²) in [4.78, 5) is 14.1. The maximum atomic E-state index is 12.3. The normalized spacial score (nSPS) is 18.3. The van der Waals surface area contributed by atoms with Crippen LogP contribution in [0, 0.1) is 6.92 Å². The summed E-state index contributed by atoms with van der Waals surface area (Å²) in [6.45, 7) is 10.2. The largest absolute Gasteiger partial charge is 0.444 e. The fourth-order valence-corrected chi connectivity index (χ4v) is 3.41. The molecule has 0 saturated carbocycles. The molecule has 0 radical (unpaired) electrons. The molecule has 23 heavy (non-hydrogen) atoms. The van der Waals surface area contributed by atoms with Crippen LogP contribution in [-0.2, 0) is 11.3 Å². The van der Waals surface area contributed by atoms with Crippen LogP contribution in [0.15, 0.2) is 22.7 Å². The molecule has 1 unspecified atom stereocenters. The van der Waals surface area contributed by atoms with Crippen LogP contribution >= 0.6 is 15.9 Å². The van der Waals surface area contributed by atoms with E-state index in [1.807, 2.05) is 25.7 Å². The average Bonchev–Trinajstić information content (AvgIpc) is 2.88. The van der Waals surface area contributed by atoms with Crippen LogP contribution in [0.5, 0.6) is 0 Å². The van der Waals surface area contributed by atoms with E-state index in [1.165, 1.54) is 11.1 Å². The van der Waals surface area contributed by atoms with Crippen molar-refractivity contribution in [2.24, 2.45) is 0 Å². The number of aryl methyl sites for hydroxylation is 1. The van der Waals surface area contributed by atoms with E-state index < -0.39 is 5.60 Å². The van der Waals surface area contributed by atoms with Crippen molar-refractivity contribution in [3.63, 3.8) is 0 Å². The first-order chi connectivity index (χ1) is 10.8. The number of nitrogens with zero attached hydrogens (tertiary/aromatic N) is 1. The SMILES string of the molecule is Cc1ccc(CNCC2CCCN2C(=O)OC(C)(C)C)c(Br)c1. The molecule has 1 aliphatic heterocycles. The highest BCUT2D eigenvalue weighted by Crippen LogP contribution is 2.21. The Bertz CT molecular complexity index is 554. The molecule has 1 amide bonds. The molecule has 0 bridgehead atoms. The average molecular weight is 383 g/mol. The molecule has 4 nitrogen and oxygen atoms in total. The van der Waals surface area contributed by atoms with Gasteiger partial charge in [0.1, 0.15) is 5.60 Å². The quantitative estimate of drug-likeness (QED) is 0.845. The Hall–Kier alpha value is -1.07. The number of carbonyl (C=O) groups is 1. The van der Waals surface area contributed by atoms with Gasteiger partial charge in [0.2, 0.25) is 0 Å². The maximum Gasteiger partial charge on any atom is 0.410 e. The van der Waals surface area contributed by atoms with Crippen molar-refractivity contribution in [1.82, 2.24) is 10.2 Å². The van der Waals surface area contributed by atoms with Crippen LogP contribution in [0.1, 0.15) is 44.7 Å². The predicted octanol–water partition coefficient (Wildman–Crippen LogP) is 4.25. The predicted molar refractivity (Wildman–Crippen MR) is 96.5 cm³/mol. The van der Waals surface area contributed by atoms with Crippen LogP contribution in [0.3, 0.4) is 0 Å². The molecule has 1 fully saturated rings. The summed E-state index contributed by atoms with van der Waals surface area (Å²) in [5.41, 5.74) is 2.04. The minimum Gasteiger partial charge on any atom is -0.444 e. The molecule has 0 aliphatic carbocycles. The van der Waals surface area contributed by atoms with Crippen molar-refractivity contribution in [2.45, 2.75) is 58.7 Å². The van der Waals surface area contributed by atoms with Gasteiger partial charge in [-0.25, -0.2) is 4.79 Å². The standard InChI is InChI=1S/C18H27BrN2O2/c1-13-7-8-14(16(19)10-13)11-20-12-15-6-5-9-21(15)17(22)23-18(2,3)4/h7-8,10,15,20H,5-6,9,11-12H2,1-4H3. The first-order valence-corrected chi connectivity index (χ1v) is 9.01. The zero-order chi connectivity index (χ0) is 17.0. The molecule has 5 heteroatoms. The fraction of sp³-hybridized carbons (Fsp3) is 0.611. The van der Waals surface area contributed by atoms with Crippen molar-refractivity contribution in [1.29, 1.82) is 0 Å². The summed E-state index contributed by atoms with van der Waals surface area (Å²) in [6, 6.07) is 6.59. The lowest BCUT2D eigenvalue weighted by Crippen LogP contribution is -2.44. The number of hydrogen-bond acceptors (Lipinski definition) is 3. The number of rotatable bonds is 4. The number of carbonyl (C=O) groups excluding carboxylic acids is 1. The van der Waals surface area contributed by atoms with E-state index in [1.54, 1.807) is 0 Å². The van der Waals surface area contributed by atoms with Gasteiger partial charge in [0, 0.05) is 30.1 Å². The molecule has 1 aliphatic rings. The van der Waals surface area contributed by atoms with Gasteiger partial charge < -0.3 is 15.0 Å². The highest BCUT2D eigenvalue weighted by Gasteiger charge is 2.31. The number of hydrogen-bond donors (Lipinski definition) is 1. The van der Waals surface area contributed by atoms with E-state index in [9.17, 15) is 4.79 Å². The highest BCUT2D eigenvalue weighted by molar-refractivity contribution is 9.10. The Labute approximate surface area is 147 Å². The van der Waals surface area contributed by atoms with Crippen molar-refractivity contribution in [3.8, 4) is 0 Å². The second kappa shape index (κ2) is 7.67. The monoisotopic (exact) mass is 382 g/mol. The van der Waals surface area contributed by atoms with Gasteiger partial charge in [0.15, 0.2) is 0 Å². The van der Waals surface area contributed by atoms with Crippen LogP contribution in [-0.4, -0.2) is 35.7 Å². The minimum atomic E-state index is -0.440. The lowest BCUT2D eigenvalue weighted by atomic mass is 10.1. The molecular weight excluding hydrogens is 356 g/mol. The second-order valence-electron chi connectivity index (χ2n) is 7.20. The van der Waals surface area contributed by atoms with Gasteiger partial charge >= 0.3 is 6.09 Å².